The van der Waals surface area contributed by atoms with E-state index in [1.54, 1.807) is 18.2 Å². The van der Waals surface area contributed by atoms with Gasteiger partial charge in [0.25, 0.3) is 0 Å². The number of hydrogen-bond donors (Lipinski definition) is 2. The number of hydrogen-bond acceptors (Lipinski definition) is 3. The lowest BCUT2D eigenvalue weighted by atomic mass is 10.2. The molecule has 1 aromatic carbocycles. The maximum absolute atomic E-state index is 11.9. The van der Waals surface area contributed by atoms with E-state index in [2.05, 4.69) is 20.7 Å². The van der Waals surface area contributed by atoms with Crippen LogP contribution in [-0.4, -0.2) is 21.0 Å². The van der Waals surface area contributed by atoms with Crippen molar-refractivity contribution < 1.29 is 8.42 Å². The van der Waals surface area contributed by atoms with Crippen molar-refractivity contribution in [2.45, 2.75) is 31.2 Å². The van der Waals surface area contributed by atoms with Crippen molar-refractivity contribution in [1.29, 1.82) is 0 Å². The second-order valence-corrected chi connectivity index (χ2v) is 6.70. The molecular weight excluding hydrogens is 304 g/mol. The molecular formula is C11H17BrN2O2S. The number of nitrogens with one attached hydrogen (secondary N) is 1. The van der Waals surface area contributed by atoms with Gasteiger partial charge in [-0.15, -0.1) is 0 Å². The van der Waals surface area contributed by atoms with Crippen molar-refractivity contribution in [3.05, 3.63) is 28.2 Å². The first-order valence-electron chi connectivity index (χ1n) is 5.34. The zero-order chi connectivity index (χ0) is 13.1. The van der Waals surface area contributed by atoms with E-state index in [-0.39, 0.29) is 10.9 Å². The molecule has 0 bridgehead atoms. The number of benzene rings is 1. The number of rotatable bonds is 5. The Hall–Kier alpha value is -0.430. The molecule has 1 unspecified atom stereocenters. The first-order chi connectivity index (χ1) is 7.83. The molecule has 1 aromatic rings. The van der Waals surface area contributed by atoms with Gasteiger partial charge in [-0.3, -0.25) is 0 Å². The van der Waals surface area contributed by atoms with E-state index in [1.807, 2.05) is 13.8 Å². The highest BCUT2D eigenvalue weighted by molar-refractivity contribution is 9.10. The third-order valence-corrected chi connectivity index (χ3v) is 4.68. The molecule has 0 amide bonds. The summed E-state index contributed by atoms with van der Waals surface area (Å²) in [5.41, 5.74) is 6.45. The monoisotopic (exact) mass is 320 g/mol. The van der Waals surface area contributed by atoms with Gasteiger partial charge < -0.3 is 5.73 Å². The molecule has 0 saturated carbocycles. The largest absolute Gasteiger partial charge is 0.328 e. The smallest absolute Gasteiger partial charge is 0.240 e. The zero-order valence-corrected chi connectivity index (χ0v) is 12.3. The topological polar surface area (TPSA) is 72.2 Å². The fourth-order valence-corrected chi connectivity index (χ4v) is 2.67. The molecule has 0 aliphatic heterocycles. The Balaban J connectivity index is 2.79. The van der Waals surface area contributed by atoms with Crippen LogP contribution in [-0.2, 0) is 10.0 Å². The van der Waals surface area contributed by atoms with Gasteiger partial charge in [-0.25, -0.2) is 13.1 Å². The highest BCUT2D eigenvalue weighted by Gasteiger charge is 2.14. The van der Waals surface area contributed by atoms with Gasteiger partial charge in [0.05, 0.1) is 4.90 Å². The van der Waals surface area contributed by atoms with Gasteiger partial charge in [0.15, 0.2) is 0 Å². The lowest BCUT2D eigenvalue weighted by molar-refractivity contribution is 0.571. The van der Waals surface area contributed by atoms with E-state index >= 15 is 0 Å². The summed E-state index contributed by atoms with van der Waals surface area (Å²) in [7, 11) is -3.42. The molecule has 0 fully saturated rings. The molecule has 96 valence electrons. The standard InChI is InChI=1S/C11H17BrN2O2S/c1-8-7-10(3-4-11(8)12)17(15,16)14-6-5-9(2)13/h3-4,7,9,14H,5-6,13H2,1-2H3. The Kier molecular flexibility index (Phi) is 5.12. The van der Waals surface area contributed by atoms with Crippen LogP contribution in [0.25, 0.3) is 0 Å². The van der Waals surface area contributed by atoms with Crippen molar-refractivity contribution >= 4 is 26.0 Å². The fraction of sp³-hybridized carbons (Fsp3) is 0.455. The minimum absolute atomic E-state index is 0.00986. The molecule has 0 aliphatic rings. The van der Waals surface area contributed by atoms with Crippen molar-refractivity contribution in [1.82, 2.24) is 4.72 Å². The summed E-state index contributed by atoms with van der Waals surface area (Å²) in [5, 5.41) is 0. The van der Waals surface area contributed by atoms with E-state index in [1.165, 1.54) is 0 Å². The third kappa shape index (κ3) is 4.39. The molecule has 6 heteroatoms. The van der Waals surface area contributed by atoms with Crippen LogP contribution in [0.1, 0.15) is 18.9 Å². The van der Waals surface area contributed by atoms with E-state index in [4.69, 9.17) is 5.73 Å². The molecule has 0 spiro atoms. The molecule has 0 radical (unpaired) electrons. The van der Waals surface area contributed by atoms with Crippen LogP contribution in [0, 0.1) is 6.92 Å². The zero-order valence-electron chi connectivity index (χ0n) is 9.90. The van der Waals surface area contributed by atoms with Gasteiger partial charge in [-0.1, -0.05) is 15.9 Å². The summed E-state index contributed by atoms with van der Waals surface area (Å²) in [6.07, 6.45) is 0.620. The maximum atomic E-state index is 11.9. The highest BCUT2D eigenvalue weighted by Crippen LogP contribution is 2.19. The Morgan fingerprint density at radius 3 is 2.65 bits per heavy atom. The fourth-order valence-electron chi connectivity index (χ4n) is 1.29. The minimum atomic E-state index is -3.42. The van der Waals surface area contributed by atoms with Crippen LogP contribution in [0.15, 0.2) is 27.6 Å². The van der Waals surface area contributed by atoms with Gasteiger partial charge in [-0.05, 0) is 44.0 Å². The number of halogens is 1. The molecule has 17 heavy (non-hydrogen) atoms. The van der Waals surface area contributed by atoms with E-state index in [0.29, 0.717) is 13.0 Å². The van der Waals surface area contributed by atoms with Crippen LogP contribution in [0.3, 0.4) is 0 Å². The van der Waals surface area contributed by atoms with Crippen molar-refractivity contribution in [2.75, 3.05) is 6.54 Å². The molecule has 0 aliphatic carbocycles. The van der Waals surface area contributed by atoms with Crippen molar-refractivity contribution in [2.24, 2.45) is 5.73 Å². The van der Waals surface area contributed by atoms with E-state index in [0.717, 1.165) is 10.0 Å². The van der Waals surface area contributed by atoms with Gasteiger partial charge in [-0.2, -0.15) is 0 Å². The van der Waals surface area contributed by atoms with Gasteiger partial charge in [0.1, 0.15) is 0 Å². The number of nitrogens with two attached hydrogens (primary N) is 1. The normalized spacial score (nSPS) is 13.6. The average Bonchev–Trinajstić information content (AvgIpc) is 2.21. The SMILES string of the molecule is Cc1cc(S(=O)(=O)NCCC(C)N)ccc1Br. The summed E-state index contributed by atoms with van der Waals surface area (Å²) in [4.78, 5) is 0.280. The molecule has 3 N–H and O–H groups in total. The van der Waals surface area contributed by atoms with Crippen LogP contribution in [0.5, 0.6) is 0 Å². The predicted molar refractivity (Wildman–Crippen MR) is 72.3 cm³/mol. The molecule has 1 atom stereocenters. The van der Waals surface area contributed by atoms with E-state index in [9.17, 15) is 8.42 Å². The summed E-state index contributed by atoms with van der Waals surface area (Å²) >= 11 is 3.34. The predicted octanol–water partition coefficient (Wildman–Crippen LogP) is 1.77. The lowest BCUT2D eigenvalue weighted by Crippen LogP contribution is -2.29. The van der Waals surface area contributed by atoms with E-state index < -0.39 is 10.0 Å². The Morgan fingerprint density at radius 2 is 2.12 bits per heavy atom. The summed E-state index contributed by atoms with van der Waals surface area (Å²) in [6.45, 7) is 4.05. The van der Waals surface area contributed by atoms with Crippen molar-refractivity contribution in [3.63, 3.8) is 0 Å². The first-order valence-corrected chi connectivity index (χ1v) is 7.62. The maximum Gasteiger partial charge on any atom is 0.240 e. The number of sulfonamides is 1. The Bertz CT molecular complexity index is 486. The molecule has 0 saturated heterocycles. The average molecular weight is 321 g/mol. The molecule has 0 heterocycles. The summed E-state index contributed by atoms with van der Waals surface area (Å²) in [6, 6.07) is 4.93. The third-order valence-electron chi connectivity index (χ3n) is 2.33. The molecule has 1 rings (SSSR count). The van der Waals surface area contributed by atoms with Gasteiger partial charge in [0.2, 0.25) is 10.0 Å². The van der Waals surface area contributed by atoms with Gasteiger partial charge in [0, 0.05) is 17.1 Å². The lowest BCUT2D eigenvalue weighted by Gasteiger charge is -2.09. The first kappa shape index (κ1) is 14.6. The Morgan fingerprint density at radius 1 is 1.47 bits per heavy atom. The minimum Gasteiger partial charge on any atom is -0.328 e. The Labute approximate surface area is 111 Å². The second kappa shape index (κ2) is 5.95. The van der Waals surface area contributed by atoms with Crippen LogP contribution >= 0.6 is 15.9 Å². The molecule has 4 nitrogen and oxygen atoms in total. The summed E-state index contributed by atoms with van der Waals surface area (Å²) in [5.74, 6) is 0. The number of aryl methyl sites for hydroxylation is 1. The van der Waals surface area contributed by atoms with Crippen LogP contribution in [0.2, 0.25) is 0 Å². The van der Waals surface area contributed by atoms with Crippen LogP contribution in [0.4, 0.5) is 0 Å². The van der Waals surface area contributed by atoms with Crippen molar-refractivity contribution in [3.8, 4) is 0 Å². The van der Waals surface area contributed by atoms with Gasteiger partial charge >= 0.3 is 0 Å². The molecule has 0 aromatic heterocycles. The quantitative estimate of drug-likeness (QED) is 0.868. The highest BCUT2D eigenvalue weighted by atomic mass is 79.9. The second-order valence-electron chi connectivity index (χ2n) is 4.07. The van der Waals surface area contributed by atoms with Crippen LogP contribution < -0.4 is 10.5 Å². The summed E-state index contributed by atoms with van der Waals surface area (Å²) < 4.78 is 27.2.